The van der Waals surface area contributed by atoms with Gasteiger partial charge in [-0.2, -0.15) is 0 Å². The van der Waals surface area contributed by atoms with Gasteiger partial charge in [-0.15, -0.1) is 11.3 Å². The van der Waals surface area contributed by atoms with Crippen molar-refractivity contribution in [2.75, 3.05) is 11.1 Å². The van der Waals surface area contributed by atoms with E-state index in [1.165, 1.54) is 35.2 Å². The van der Waals surface area contributed by atoms with Gasteiger partial charge in [-0.1, -0.05) is 48.2 Å². The van der Waals surface area contributed by atoms with Crippen LogP contribution in [-0.2, 0) is 11.3 Å². The number of nitrogens with one attached hydrogen (secondary N) is 1. The second kappa shape index (κ2) is 9.03. The fourth-order valence-corrected chi connectivity index (χ4v) is 5.08. The van der Waals surface area contributed by atoms with Crippen LogP contribution >= 0.6 is 23.1 Å². The molecule has 2 aromatic carbocycles. The summed E-state index contributed by atoms with van der Waals surface area (Å²) in [5.41, 5.74) is 2.77. The van der Waals surface area contributed by atoms with E-state index in [0.29, 0.717) is 27.6 Å². The average molecular weight is 454 g/mol. The molecule has 1 N–H and O–H groups in total. The van der Waals surface area contributed by atoms with Gasteiger partial charge in [0.1, 0.15) is 10.5 Å². The first-order chi connectivity index (χ1) is 15.0. The van der Waals surface area contributed by atoms with Crippen molar-refractivity contribution in [3.8, 4) is 10.4 Å². The number of aryl methyl sites for hydroxylation is 1. The first-order valence-electron chi connectivity index (χ1n) is 9.75. The van der Waals surface area contributed by atoms with Crippen LogP contribution in [0.2, 0.25) is 0 Å². The zero-order valence-corrected chi connectivity index (χ0v) is 18.6. The van der Waals surface area contributed by atoms with Crippen LogP contribution in [0.25, 0.3) is 20.7 Å². The summed E-state index contributed by atoms with van der Waals surface area (Å²) in [7, 11) is 0. The van der Waals surface area contributed by atoms with Gasteiger partial charge in [0, 0.05) is 17.1 Å². The van der Waals surface area contributed by atoms with Crippen molar-refractivity contribution in [2.45, 2.75) is 25.5 Å². The quantitative estimate of drug-likeness (QED) is 0.317. The number of carbonyl (C=O) groups is 1. The highest BCUT2D eigenvalue weighted by atomic mass is 32.2. The van der Waals surface area contributed by atoms with Crippen LogP contribution in [0.1, 0.15) is 12.5 Å². The molecule has 0 fully saturated rings. The maximum atomic E-state index is 13.5. The molecule has 0 saturated heterocycles. The zero-order chi connectivity index (χ0) is 22.0. The third-order valence-corrected chi connectivity index (χ3v) is 6.92. The van der Waals surface area contributed by atoms with Crippen LogP contribution in [0.15, 0.2) is 64.5 Å². The number of thioether (sulfide) groups is 1. The molecular formula is C23H20FN3O2S2. The molecule has 158 valence electrons. The van der Waals surface area contributed by atoms with Gasteiger partial charge in [-0.25, -0.2) is 9.37 Å². The standard InChI is InChI=1S/C23H20FN3O2S2/c1-3-27-22(29)21-18(12-19(31-21)15-7-5-4-6-8-15)26-23(27)30-13-20(28)25-17-11-16(24)10-9-14(17)2/h4-12H,3,13H2,1-2H3,(H,25,28). The molecular weight excluding hydrogens is 433 g/mol. The summed E-state index contributed by atoms with van der Waals surface area (Å²) in [6.07, 6.45) is 0. The molecule has 1 amide bonds. The summed E-state index contributed by atoms with van der Waals surface area (Å²) in [6, 6.07) is 16.0. The minimum Gasteiger partial charge on any atom is -0.325 e. The highest BCUT2D eigenvalue weighted by Crippen LogP contribution is 2.32. The molecule has 2 aromatic heterocycles. The molecule has 0 aliphatic rings. The second-order valence-electron chi connectivity index (χ2n) is 6.93. The summed E-state index contributed by atoms with van der Waals surface area (Å²) >= 11 is 2.62. The number of benzene rings is 2. The Morgan fingerprint density at radius 2 is 1.97 bits per heavy atom. The largest absolute Gasteiger partial charge is 0.325 e. The molecule has 31 heavy (non-hydrogen) atoms. The fraction of sp³-hybridized carbons (Fsp3) is 0.174. The summed E-state index contributed by atoms with van der Waals surface area (Å²) in [5.74, 6) is -0.637. The molecule has 5 nitrogen and oxygen atoms in total. The lowest BCUT2D eigenvalue weighted by Crippen LogP contribution is -2.22. The van der Waals surface area contributed by atoms with E-state index in [-0.39, 0.29) is 17.2 Å². The molecule has 8 heteroatoms. The van der Waals surface area contributed by atoms with Crippen LogP contribution in [0.3, 0.4) is 0 Å². The summed E-state index contributed by atoms with van der Waals surface area (Å²) in [5, 5.41) is 3.21. The van der Waals surface area contributed by atoms with E-state index in [1.807, 2.05) is 43.3 Å². The molecule has 0 saturated carbocycles. The van der Waals surface area contributed by atoms with Crippen molar-refractivity contribution in [3.63, 3.8) is 0 Å². The Balaban J connectivity index is 1.59. The van der Waals surface area contributed by atoms with E-state index in [9.17, 15) is 14.0 Å². The fourth-order valence-electron chi connectivity index (χ4n) is 3.17. The van der Waals surface area contributed by atoms with Crippen LogP contribution < -0.4 is 10.9 Å². The number of hydrogen-bond donors (Lipinski definition) is 1. The van der Waals surface area contributed by atoms with Crippen molar-refractivity contribution < 1.29 is 9.18 Å². The van der Waals surface area contributed by atoms with Crippen molar-refractivity contribution >= 4 is 44.9 Å². The Kier molecular flexibility index (Phi) is 6.20. The first kappa shape index (κ1) is 21.3. The van der Waals surface area contributed by atoms with Crippen molar-refractivity contribution in [3.05, 3.63) is 76.3 Å². The molecule has 0 aliphatic carbocycles. The number of rotatable bonds is 6. The third kappa shape index (κ3) is 4.55. The first-order valence-corrected chi connectivity index (χ1v) is 11.5. The Morgan fingerprint density at radius 1 is 1.19 bits per heavy atom. The van der Waals surface area contributed by atoms with Crippen LogP contribution in [0.5, 0.6) is 0 Å². The Labute approximate surface area is 187 Å². The Hall–Kier alpha value is -2.97. The van der Waals surface area contributed by atoms with E-state index in [4.69, 9.17) is 0 Å². The van der Waals surface area contributed by atoms with Crippen molar-refractivity contribution in [1.82, 2.24) is 9.55 Å². The van der Waals surface area contributed by atoms with Gasteiger partial charge in [-0.05, 0) is 43.2 Å². The van der Waals surface area contributed by atoms with Gasteiger partial charge in [0.2, 0.25) is 5.91 Å². The summed E-state index contributed by atoms with van der Waals surface area (Å²) in [6.45, 7) is 4.13. The molecule has 0 aliphatic heterocycles. The molecule has 0 radical (unpaired) electrons. The number of anilines is 1. The highest BCUT2D eigenvalue weighted by Gasteiger charge is 2.16. The normalized spacial score (nSPS) is 11.1. The molecule has 2 heterocycles. The minimum atomic E-state index is -0.410. The minimum absolute atomic E-state index is 0.0591. The second-order valence-corrected chi connectivity index (χ2v) is 8.93. The molecule has 0 unspecified atom stereocenters. The number of halogens is 1. The van der Waals surface area contributed by atoms with E-state index < -0.39 is 5.82 Å². The van der Waals surface area contributed by atoms with Gasteiger partial charge in [0.05, 0.1) is 11.3 Å². The average Bonchev–Trinajstić information content (AvgIpc) is 3.20. The predicted octanol–water partition coefficient (Wildman–Crippen LogP) is 5.32. The monoisotopic (exact) mass is 453 g/mol. The van der Waals surface area contributed by atoms with Gasteiger partial charge in [-0.3, -0.25) is 14.2 Å². The SMILES string of the molecule is CCn1c(SCC(=O)Nc2cc(F)ccc2C)nc2cc(-c3ccccc3)sc2c1=O. The molecule has 0 bridgehead atoms. The van der Waals surface area contributed by atoms with Crippen LogP contribution in [-0.4, -0.2) is 21.2 Å². The summed E-state index contributed by atoms with van der Waals surface area (Å²) in [4.78, 5) is 31.1. The van der Waals surface area contributed by atoms with E-state index in [0.717, 1.165) is 16.0 Å². The number of nitrogens with zero attached hydrogens (tertiary/aromatic N) is 2. The Bertz CT molecular complexity index is 1320. The van der Waals surface area contributed by atoms with Crippen LogP contribution in [0.4, 0.5) is 10.1 Å². The number of fused-ring (bicyclic) bond motifs is 1. The topological polar surface area (TPSA) is 64.0 Å². The maximum Gasteiger partial charge on any atom is 0.272 e. The third-order valence-electron chi connectivity index (χ3n) is 4.78. The van der Waals surface area contributed by atoms with E-state index in [1.54, 1.807) is 17.6 Å². The number of amides is 1. The van der Waals surface area contributed by atoms with Gasteiger partial charge < -0.3 is 5.32 Å². The lowest BCUT2D eigenvalue weighted by atomic mass is 10.2. The van der Waals surface area contributed by atoms with Gasteiger partial charge in [0.15, 0.2) is 5.16 Å². The van der Waals surface area contributed by atoms with Crippen LogP contribution in [0, 0.1) is 12.7 Å². The highest BCUT2D eigenvalue weighted by molar-refractivity contribution is 7.99. The smallest absolute Gasteiger partial charge is 0.272 e. The van der Waals surface area contributed by atoms with Gasteiger partial charge in [0.25, 0.3) is 5.56 Å². The van der Waals surface area contributed by atoms with E-state index >= 15 is 0 Å². The molecule has 0 spiro atoms. The van der Waals surface area contributed by atoms with Crippen molar-refractivity contribution in [2.24, 2.45) is 0 Å². The maximum absolute atomic E-state index is 13.5. The number of aromatic nitrogens is 2. The zero-order valence-electron chi connectivity index (χ0n) is 17.0. The lowest BCUT2D eigenvalue weighted by Gasteiger charge is -2.11. The summed E-state index contributed by atoms with van der Waals surface area (Å²) < 4.78 is 15.6. The van der Waals surface area contributed by atoms with Gasteiger partial charge >= 0.3 is 0 Å². The predicted molar refractivity (Wildman–Crippen MR) is 125 cm³/mol. The Morgan fingerprint density at radius 3 is 2.71 bits per heavy atom. The van der Waals surface area contributed by atoms with Crippen molar-refractivity contribution in [1.29, 1.82) is 0 Å². The van der Waals surface area contributed by atoms with E-state index in [2.05, 4.69) is 10.3 Å². The lowest BCUT2D eigenvalue weighted by molar-refractivity contribution is -0.113. The molecule has 4 rings (SSSR count). The molecule has 0 atom stereocenters. The molecule has 4 aromatic rings. The number of thiophene rings is 1. The number of carbonyl (C=O) groups excluding carboxylic acids is 1. The number of hydrogen-bond acceptors (Lipinski definition) is 5.